The van der Waals surface area contributed by atoms with Crippen molar-refractivity contribution in [3.8, 4) is 0 Å². The highest BCUT2D eigenvalue weighted by atomic mass is 16.6. The minimum atomic E-state index is -0.332. The van der Waals surface area contributed by atoms with Gasteiger partial charge in [0.15, 0.2) is 0 Å². The van der Waals surface area contributed by atoms with E-state index in [1.54, 1.807) is 4.90 Å². The highest BCUT2D eigenvalue weighted by Crippen LogP contribution is 2.23. The quantitative estimate of drug-likeness (QED) is 0.631. The lowest BCUT2D eigenvalue weighted by atomic mass is 10.1. The van der Waals surface area contributed by atoms with Gasteiger partial charge in [0.25, 0.3) is 0 Å². The highest BCUT2D eigenvalue weighted by molar-refractivity contribution is 5.71. The molecule has 12 heavy (non-hydrogen) atoms. The Balaban J connectivity index is 2.77. The molecule has 1 rings (SSSR count). The Bertz CT molecular complexity index is 185. The average molecular weight is 173 g/mol. The monoisotopic (exact) mass is 173 g/mol. The predicted octanol–water partition coefficient (Wildman–Crippen LogP) is 0.598. The molecule has 4 heteroatoms. The number of amides is 1. The van der Waals surface area contributed by atoms with Crippen LogP contribution in [-0.2, 0) is 4.74 Å². The summed E-state index contributed by atoms with van der Waals surface area (Å²) in [6.07, 6.45) is -0.332. The molecule has 0 radical (unpaired) electrons. The number of carbonyl (C=O) groups excluding carboxylic acids is 1. The van der Waals surface area contributed by atoms with Crippen molar-refractivity contribution >= 4 is 6.09 Å². The van der Waals surface area contributed by atoms with Crippen molar-refractivity contribution < 1.29 is 14.6 Å². The highest BCUT2D eigenvalue weighted by Gasteiger charge is 2.39. The van der Waals surface area contributed by atoms with E-state index in [1.807, 2.05) is 20.8 Å². The van der Waals surface area contributed by atoms with Crippen molar-refractivity contribution in [3.63, 3.8) is 0 Å². The maximum Gasteiger partial charge on any atom is 0.410 e. The fourth-order valence-corrected chi connectivity index (χ4v) is 1.42. The van der Waals surface area contributed by atoms with Gasteiger partial charge >= 0.3 is 6.09 Å². The minimum absolute atomic E-state index is 0.0387. The van der Waals surface area contributed by atoms with E-state index in [-0.39, 0.29) is 24.3 Å². The van der Waals surface area contributed by atoms with E-state index in [0.717, 1.165) is 0 Å². The first-order valence-electron chi connectivity index (χ1n) is 4.04. The summed E-state index contributed by atoms with van der Waals surface area (Å²) >= 11 is 0. The van der Waals surface area contributed by atoms with Crippen LogP contribution in [0.25, 0.3) is 0 Å². The number of hydrogen-bond acceptors (Lipinski definition) is 3. The third-order valence-corrected chi connectivity index (χ3v) is 1.89. The SMILES string of the molecule is CC(C)(C)N1C(=O)OCC1CO. The Kier molecular flexibility index (Phi) is 2.28. The van der Waals surface area contributed by atoms with Crippen LogP contribution in [0.5, 0.6) is 0 Å². The molecule has 0 aromatic carbocycles. The molecule has 1 fully saturated rings. The summed E-state index contributed by atoms with van der Waals surface area (Å²) < 4.78 is 4.82. The molecule has 1 atom stereocenters. The first-order valence-corrected chi connectivity index (χ1v) is 4.04. The van der Waals surface area contributed by atoms with E-state index < -0.39 is 0 Å². The van der Waals surface area contributed by atoms with Gasteiger partial charge in [-0.05, 0) is 20.8 Å². The molecule has 1 heterocycles. The average Bonchev–Trinajstić information content (AvgIpc) is 2.29. The van der Waals surface area contributed by atoms with Gasteiger partial charge in [-0.3, -0.25) is 4.90 Å². The van der Waals surface area contributed by atoms with Crippen LogP contribution in [0.2, 0.25) is 0 Å². The molecule has 1 N–H and O–H groups in total. The molecular formula is C8H15NO3. The van der Waals surface area contributed by atoms with Crippen LogP contribution in [0.15, 0.2) is 0 Å². The lowest BCUT2D eigenvalue weighted by molar-refractivity contribution is 0.102. The molecule has 0 spiro atoms. The van der Waals surface area contributed by atoms with E-state index in [1.165, 1.54) is 0 Å². The molecule has 0 aromatic heterocycles. The van der Waals surface area contributed by atoms with Crippen molar-refractivity contribution in [2.24, 2.45) is 0 Å². The number of ether oxygens (including phenoxy) is 1. The Hall–Kier alpha value is -0.770. The van der Waals surface area contributed by atoms with Gasteiger partial charge in [0.2, 0.25) is 0 Å². The van der Waals surface area contributed by atoms with Crippen LogP contribution in [0, 0.1) is 0 Å². The van der Waals surface area contributed by atoms with Crippen LogP contribution in [0.4, 0.5) is 4.79 Å². The molecule has 1 saturated heterocycles. The number of cyclic esters (lactones) is 1. The van der Waals surface area contributed by atoms with Crippen molar-refractivity contribution in [2.45, 2.75) is 32.4 Å². The third kappa shape index (κ3) is 1.53. The molecule has 0 aromatic rings. The predicted molar refractivity (Wildman–Crippen MR) is 43.8 cm³/mol. The lowest BCUT2D eigenvalue weighted by Crippen LogP contribution is -2.48. The second-order valence-electron chi connectivity index (χ2n) is 3.95. The fourth-order valence-electron chi connectivity index (χ4n) is 1.42. The smallest absolute Gasteiger partial charge is 0.410 e. The normalized spacial score (nSPS) is 24.5. The molecule has 1 aliphatic rings. The number of nitrogens with zero attached hydrogens (tertiary/aromatic N) is 1. The van der Waals surface area contributed by atoms with Gasteiger partial charge in [-0.15, -0.1) is 0 Å². The van der Waals surface area contributed by atoms with Gasteiger partial charge < -0.3 is 9.84 Å². The van der Waals surface area contributed by atoms with E-state index in [4.69, 9.17) is 9.84 Å². The number of hydrogen-bond donors (Lipinski definition) is 1. The van der Waals surface area contributed by atoms with E-state index >= 15 is 0 Å². The summed E-state index contributed by atoms with van der Waals surface area (Å²) in [5.41, 5.74) is -0.277. The molecule has 0 bridgehead atoms. The van der Waals surface area contributed by atoms with Gasteiger partial charge in [0, 0.05) is 5.54 Å². The molecule has 0 aliphatic carbocycles. The molecular weight excluding hydrogens is 158 g/mol. The van der Waals surface area contributed by atoms with E-state index in [2.05, 4.69) is 0 Å². The first-order chi connectivity index (χ1) is 5.46. The summed E-state index contributed by atoms with van der Waals surface area (Å²) in [7, 11) is 0. The van der Waals surface area contributed by atoms with Crippen LogP contribution in [-0.4, -0.2) is 40.9 Å². The largest absolute Gasteiger partial charge is 0.447 e. The molecule has 1 unspecified atom stereocenters. The molecule has 1 amide bonds. The van der Waals surface area contributed by atoms with Crippen LogP contribution < -0.4 is 0 Å². The van der Waals surface area contributed by atoms with Gasteiger partial charge in [0.05, 0.1) is 12.6 Å². The number of aliphatic hydroxyl groups excluding tert-OH is 1. The number of aliphatic hydroxyl groups is 1. The summed E-state index contributed by atoms with van der Waals surface area (Å²) in [5, 5.41) is 8.94. The molecule has 4 nitrogen and oxygen atoms in total. The van der Waals surface area contributed by atoms with Gasteiger partial charge in [-0.2, -0.15) is 0 Å². The summed E-state index contributed by atoms with van der Waals surface area (Å²) in [4.78, 5) is 12.8. The van der Waals surface area contributed by atoms with Crippen LogP contribution in [0.1, 0.15) is 20.8 Å². The Morgan fingerprint density at radius 2 is 2.25 bits per heavy atom. The van der Waals surface area contributed by atoms with E-state index in [0.29, 0.717) is 6.61 Å². The molecule has 1 aliphatic heterocycles. The lowest BCUT2D eigenvalue weighted by Gasteiger charge is -2.33. The summed E-state index contributed by atoms with van der Waals surface area (Å²) in [6, 6.07) is -0.183. The Morgan fingerprint density at radius 1 is 1.67 bits per heavy atom. The summed E-state index contributed by atoms with van der Waals surface area (Å²) in [6.45, 7) is 6.02. The van der Waals surface area contributed by atoms with Crippen molar-refractivity contribution in [1.82, 2.24) is 4.90 Å². The Labute approximate surface area is 72.1 Å². The fraction of sp³-hybridized carbons (Fsp3) is 0.875. The van der Waals surface area contributed by atoms with Crippen LogP contribution >= 0.6 is 0 Å². The number of carbonyl (C=O) groups is 1. The zero-order valence-electron chi connectivity index (χ0n) is 7.70. The third-order valence-electron chi connectivity index (χ3n) is 1.89. The maximum absolute atomic E-state index is 11.2. The molecule has 70 valence electrons. The molecule has 0 saturated carbocycles. The zero-order valence-corrected chi connectivity index (χ0v) is 7.70. The van der Waals surface area contributed by atoms with Crippen LogP contribution in [0.3, 0.4) is 0 Å². The summed E-state index contributed by atoms with van der Waals surface area (Å²) in [5.74, 6) is 0. The zero-order chi connectivity index (χ0) is 9.35. The van der Waals surface area contributed by atoms with Gasteiger partial charge in [-0.25, -0.2) is 4.79 Å². The standard InChI is InChI=1S/C8H15NO3/c1-8(2,3)9-6(4-10)5-12-7(9)11/h6,10H,4-5H2,1-3H3. The minimum Gasteiger partial charge on any atom is -0.447 e. The topological polar surface area (TPSA) is 49.8 Å². The van der Waals surface area contributed by atoms with Crippen molar-refractivity contribution in [2.75, 3.05) is 13.2 Å². The maximum atomic E-state index is 11.2. The van der Waals surface area contributed by atoms with Crippen molar-refractivity contribution in [1.29, 1.82) is 0 Å². The first kappa shape index (κ1) is 9.32. The second-order valence-corrected chi connectivity index (χ2v) is 3.95. The van der Waals surface area contributed by atoms with Crippen molar-refractivity contribution in [3.05, 3.63) is 0 Å². The van der Waals surface area contributed by atoms with Gasteiger partial charge in [-0.1, -0.05) is 0 Å². The van der Waals surface area contributed by atoms with Gasteiger partial charge in [0.1, 0.15) is 6.61 Å². The second kappa shape index (κ2) is 2.94. The Morgan fingerprint density at radius 3 is 2.58 bits per heavy atom. The van der Waals surface area contributed by atoms with E-state index in [9.17, 15) is 4.79 Å². The number of rotatable bonds is 1.